The smallest absolute Gasteiger partial charge is 0.167 e. The number of aliphatic hydroxyl groups is 3. The minimum absolute atomic E-state index is 0.373. The van der Waals surface area contributed by atoms with Gasteiger partial charge in [0.25, 0.3) is 0 Å². The van der Waals surface area contributed by atoms with E-state index >= 15 is 0 Å². The van der Waals surface area contributed by atoms with E-state index in [1.165, 1.54) is 13.3 Å². The summed E-state index contributed by atoms with van der Waals surface area (Å²) in [7, 11) is 0. The highest BCUT2D eigenvalue weighted by Gasteiger charge is 2.53. The Morgan fingerprint density at radius 3 is 2.88 bits per heavy atom. The lowest BCUT2D eigenvalue weighted by molar-refractivity contribution is -0.0948. The summed E-state index contributed by atoms with van der Waals surface area (Å²) in [5, 5.41) is 35.0. The lowest BCUT2D eigenvalue weighted by Gasteiger charge is -2.27. The molecule has 0 amide bonds. The maximum atomic E-state index is 10.7. The van der Waals surface area contributed by atoms with Crippen molar-refractivity contribution in [3.05, 3.63) is 35.4 Å². The average molecular weight is 347 g/mol. The van der Waals surface area contributed by atoms with Gasteiger partial charge in [-0.25, -0.2) is 9.97 Å². The van der Waals surface area contributed by atoms with E-state index in [1.54, 1.807) is 22.1 Å². The van der Waals surface area contributed by atoms with Crippen LogP contribution in [0.25, 0.3) is 22.3 Å². The summed E-state index contributed by atoms with van der Waals surface area (Å²) in [5.41, 5.74) is 0.851. The molecule has 0 radical (unpaired) electrons. The Kier molecular flexibility index (Phi) is 3.66. The largest absolute Gasteiger partial charge is 0.394 e. The van der Waals surface area contributed by atoms with Gasteiger partial charge in [-0.2, -0.15) is 11.3 Å². The normalized spacial score (nSPS) is 30.2. The number of hydrogen-bond donors (Lipinski definition) is 3. The van der Waals surface area contributed by atoms with Crippen LogP contribution in [0.5, 0.6) is 0 Å². The summed E-state index contributed by atoms with van der Waals surface area (Å²) in [6, 6.07) is 3.85. The van der Waals surface area contributed by atoms with Crippen LogP contribution in [0.4, 0.5) is 0 Å². The van der Waals surface area contributed by atoms with Crippen molar-refractivity contribution < 1.29 is 20.1 Å². The first-order valence-electron chi connectivity index (χ1n) is 7.55. The highest BCUT2D eigenvalue weighted by molar-refractivity contribution is 7.08. The molecule has 4 rings (SSSR count). The Bertz CT molecular complexity index is 861. The van der Waals surface area contributed by atoms with Crippen LogP contribution in [0.1, 0.15) is 13.2 Å². The summed E-state index contributed by atoms with van der Waals surface area (Å²) in [6.07, 6.45) is 0.326. The molecule has 0 unspecified atom stereocenters. The van der Waals surface area contributed by atoms with Crippen molar-refractivity contribution in [1.82, 2.24) is 14.5 Å². The molecule has 1 aliphatic heterocycles. The third kappa shape index (κ3) is 2.19. The number of fused-ring (bicyclic) bond motifs is 1. The zero-order chi connectivity index (χ0) is 16.9. The Morgan fingerprint density at radius 2 is 2.21 bits per heavy atom. The van der Waals surface area contributed by atoms with Gasteiger partial charge in [0.1, 0.15) is 29.8 Å². The maximum absolute atomic E-state index is 10.7. The molecule has 8 heteroatoms. The van der Waals surface area contributed by atoms with Crippen molar-refractivity contribution in [2.75, 3.05) is 6.61 Å². The van der Waals surface area contributed by atoms with Crippen molar-refractivity contribution in [2.24, 2.45) is 0 Å². The SMILES string of the molecule is C[C@@]1(O)[C@H](O)[C@@H](CO)O[C@H]1n1ccc2c(-c3ccsc3)ncnc21. The number of rotatable bonds is 3. The van der Waals surface area contributed by atoms with E-state index in [0.717, 1.165) is 16.6 Å². The molecule has 7 nitrogen and oxygen atoms in total. The van der Waals surface area contributed by atoms with E-state index in [2.05, 4.69) is 9.97 Å². The van der Waals surface area contributed by atoms with Gasteiger partial charge in [-0.05, 0) is 24.4 Å². The molecule has 4 atom stereocenters. The first-order chi connectivity index (χ1) is 11.5. The van der Waals surface area contributed by atoms with Crippen LogP contribution in [0, 0.1) is 0 Å². The topological polar surface area (TPSA) is 101 Å². The van der Waals surface area contributed by atoms with E-state index < -0.39 is 24.0 Å². The molecule has 3 aromatic heterocycles. The molecule has 126 valence electrons. The predicted molar refractivity (Wildman–Crippen MR) is 88.5 cm³/mol. The van der Waals surface area contributed by atoms with Crippen molar-refractivity contribution in [3.63, 3.8) is 0 Å². The lowest BCUT2D eigenvalue weighted by Crippen LogP contribution is -2.44. The second-order valence-corrected chi connectivity index (χ2v) is 6.85. The maximum Gasteiger partial charge on any atom is 0.167 e. The van der Waals surface area contributed by atoms with Gasteiger partial charge in [-0.1, -0.05) is 0 Å². The molecule has 4 heterocycles. The second kappa shape index (κ2) is 5.61. The standard InChI is InChI=1S/C16H17N3O4S/c1-16(22)13(21)11(6-20)23-15(16)19-4-2-10-12(9-3-5-24-7-9)17-8-18-14(10)19/h2-5,7-8,11,13,15,20-22H,6H2,1H3/t11-,13-,15-,16-/m1/s1. The molecule has 24 heavy (non-hydrogen) atoms. The molecule has 3 aromatic rings. The van der Waals surface area contributed by atoms with E-state index in [-0.39, 0.29) is 6.61 Å². The van der Waals surface area contributed by atoms with E-state index in [1.807, 2.05) is 22.9 Å². The van der Waals surface area contributed by atoms with Gasteiger partial charge in [-0.15, -0.1) is 0 Å². The fraction of sp³-hybridized carbons (Fsp3) is 0.375. The van der Waals surface area contributed by atoms with Gasteiger partial charge in [0.15, 0.2) is 6.23 Å². The highest BCUT2D eigenvalue weighted by atomic mass is 32.1. The van der Waals surface area contributed by atoms with Gasteiger partial charge in [-0.3, -0.25) is 0 Å². The molecule has 0 spiro atoms. The number of aromatic nitrogens is 3. The molecular formula is C16H17N3O4S. The summed E-state index contributed by atoms with van der Waals surface area (Å²) < 4.78 is 7.35. The van der Waals surface area contributed by atoms with Crippen LogP contribution in [0.3, 0.4) is 0 Å². The van der Waals surface area contributed by atoms with Crippen LogP contribution in [-0.2, 0) is 4.74 Å². The minimum atomic E-state index is -1.55. The molecule has 1 aliphatic rings. The van der Waals surface area contributed by atoms with Crippen LogP contribution in [0.15, 0.2) is 35.4 Å². The van der Waals surface area contributed by atoms with E-state index in [9.17, 15) is 15.3 Å². The van der Waals surface area contributed by atoms with Gasteiger partial charge in [0.2, 0.25) is 0 Å². The highest BCUT2D eigenvalue weighted by Crippen LogP contribution is 2.40. The summed E-state index contributed by atoms with van der Waals surface area (Å²) >= 11 is 1.59. The van der Waals surface area contributed by atoms with Crippen LogP contribution >= 0.6 is 11.3 Å². The van der Waals surface area contributed by atoms with Crippen LogP contribution in [0.2, 0.25) is 0 Å². The third-order valence-corrected chi connectivity index (χ3v) is 5.17. The van der Waals surface area contributed by atoms with Crippen LogP contribution in [-0.4, -0.2) is 54.3 Å². The van der Waals surface area contributed by atoms with Crippen molar-refractivity contribution in [1.29, 1.82) is 0 Å². The zero-order valence-corrected chi connectivity index (χ0v) is 13.7. The van der Waals surface area contributed by atoms with Gasteiger partial charge < -0.3 is 24.6 Å². The molecule has 0 aliphatic carbocycles. The van der Waals surface area contributed by atoms with Crippen molar-refractivity contribution in [2.45, 2.75) is 31.0 Å². The Hall–Kier alpha value is -1.84. The summed E-state index contributed by atoms with van der Waals surface area (Å²) in [4.78, 5) is 8.68. The number of hydrogen-bond acceptors (Lipinski definition) is 7. The predicted octanol–water partition coefficient (Wildman–Crippen LogP) is 1.16. The minimum Gasteiger partial charge on any atom is -0.394 e. The first-order valence-corrected chi connectivity index (χ1v) is 8.49. The van der Waals surface area contributed by atoms with Gasteiger partial charge >= 0.3 is 0 Å². The monoisotopic (exact) mass is 347 g/mol. The molecule has 1 fully saturated rings. The molecule has 0 saturated carbocycles. The number of aliphatic hydroxyl groups excluding tert-OH is 2. The average Bonchev–Trinajstić information content (AvgIpc) is 3.28. The zero-order valence-electron chi connectivity index (χ0n) is 12.9. The summed E-state index contributed by atoms with van der Waals surface area (Å²) in [5.74, 6) is 0. The van der Waals surface area contributed by atoms with Crippen molar-refractivity contribution >= 4 is 22.4 Å². The Labute approximate surface area is 141 Å². The number of nitrogens with zero attached hydrogens (tertiary/aromatic N) is 3. The van der Waals surface area contributed by atoms with Crippen LogP contribution < -0.4 is 0 Å². The second-order valence-electron chi connectivity index (χ2n) is 6.07. The number of thiophene rings is 1. The number of ether oxygens (including phenoxy) is 1. The molecule has 1 saturated heterocycles. The first kappa shape index (κ1) is 15.7. The fourth-order valence-electron chi connectivity index (χ4n) is 3.18. The van der Waals surface area contributed by atoms with Gasteiger partial charge in [0.05, 0.1) is 12.3 Å². The fourth-order valence-corrected chi connectivity index (χ4v) is 3.82. The Balaban J connectivity index is 1.83. The molecule has 3 N–H and O–H groups in total. The summed E-state index contributed by atoms with van der Waals surface area (Å²) in [6.45, 7) is 1.12. The quantitative estimate of drug-likeness (QED) is 0.657. The van der Waals surface area contributed by atoms with Crippen molar-refractivity contribution in [3.8, 4) is 11.3 Å². The lowest BCUT2D eigenvalue weighted by atomic mass is 9.96. The molecule has 0 bridgehead atoms. The third-order valence-electron chi connectivity index (χ3n) is 4.49. The van der Waals surface area contributed by atoms with Gasteiger partial charge in [0, 0.05) is 22.5 Å². The molecular weight excluding hydrogens is 330 g/mol. The van der Waals surface area contributed by atoms with E-state index in [4.69, 9.17) is 4.74 Å². The molecule has 0 aromatic carbocycles. The van der Waals surface area contributed by atoms with E-state index in [0.29, 0.717) is 5.65 Å². The Morgan fingerprint density at radius 1 is 1.38 bits per heavy atom.